The number of aryl methyl sites for hydroxylation is 1. The van der Waals surface area contributed by atoms with Gasteiger partial charge in [0.2, 0.25) is 0 Å². The average Bonchev–Trinajstić information content (AvgIpc) is 2.48. The number of methoxy groups -OCH3 is 1. The van der Waals surface area contributed by atoms with Gasteiger partial charge in [-0.15, -0.1) is 23.5 Å². The van der Waals surface area contributed by atoms with Gasteiger partial charge in [0.15, 0.2) is 0 Å². The number of rotatable bonds is 5. The number of ether oxygens (including phenoxy) is 1. The third kappa shape index (κ3) is 4.74. The van der Waals surface area contributed by atoms with Crippen LogP contribution in [-0.2, 0) is 9.53 Å². The van der Waals surface area contributed by atoms with Crippen molar-refractivity contribution in [2.45, 2.75) is 48.0 Å². The second-order valence-corrected chi connectivity index (χ2v) is 7.72. The van der Waals surface area contributed by atoms with Gasteiger partial charge in [-0.1, -0.05) is 30.5 Å². The van der Waals surface area contributed by atoms with Crippen LogP contribution in [-0.4, -0.2) is 29.3 Å². The molecule has 2 rings (SSSR count). The zero-order valence-corrected chi connectivity index (χ0v) is 13.8. The molecule has 2 unspecified atom stereocenters. The fourth-order valence-electron chi connectivity index (χ4n) is 2.41. The molecule has 0 heterocycles. The van der Waals surface area contributed by atoms with Gasteiger partial charge in [0.25, 0.3) is 0 Å². The highest BCUT2D eigenvalue weighted by Gasteiger charge is 2.27. The first-order chi connectivity index (χ1) is 9.69. The molecular formula is C16H22O2S2. The van der Waals surface area contributed by atoms with Gasteiger partial charge in [0.05, 0.1) is 12.9 Å². The van der Waals surface area contributed by atoms with Crippen LogP contribution >= 0.6 is 23.5 Å². The highest BCUT2D eigenvalue weighted by atomic mass is 32.2. The van der Waals surface area contributed by atoms with Gasteiger partial charge in [-0.05, 0) is 31.9 Å². The molecular weight excluding hydrogens is 288 g/mol. The largest absolute Gasteiger partial charge is 0.468 e. The molecule has 1 fully saturated rings. The minimum Gasteiger partial charge on any atom is -0.468 e. The Morgan fingerprint density at radius 1 is 1.20 bits per heavy atom. The number of carbonyl (C=O) groups is 1. The molecule has 2 atom stereocenters. The van der Waals surface area contributed by atoms with E-state index in [1.165, 1.54) is 43.3 Å². The van der Waals surface area contributed by atoms with Crippen LogP contribution in [0.4, 0.5) is 0 Å². The van der Waals surface area contributed by atoms with E-state index in [9.17, 15) is 4.79 Å². The molecule has 0 aromatic heterocycles. The monoisotopic (exact) mass is 310 g/mol. The van der Waals surface area contributed by atoms with Crippen molar-refractivity contribution in [2.75, 3.05) is 12.9 Å². The first kappa shape index (κ1) is 15.8. The van der Waals surface area contributed by atoms with E-state index in [2.05, 4.69) is 31.2 Å². The molecule has 0 bridgehead atoms. The first-order valence-corrected chi connectivity index (χ1v) is 9.03. The quantitative estimate of drug-likeness (QED) is 0.757. The van der Waals surface area contributed by atoms with E-state index in [-0.39, 0.29) is 5.97 Å². The number of benzene rings is 1. The lowest BCUT2D eigenvalue weighted by molar-refractivity contribution is -0.137. The second kappa shape index (κ2) is 7.99. The Balaban J connectivity index is 1.92. The Morgan fingerprint density at radius 3 is 2.50 bits per heavy atom. The van der Waals surface area contributed by atoms with E-state index in [0.717, 1.165) is 0 Å². The maximum atomic E-state index is 11.3. The number of hydrogen-bond donors (Lipinski definition) is 0. The van der Waals surface area contributed by atoms with Crippen LogP contribution in [0.3, 0.4) is 0 Å². The van der Waals surface area contributed by atoms with Crippen molar-refractivity contribution in [1.29, 1.82) is 0 Å². The normalized spacial score (nSPS) is 22.5. The van der Waals surface area contributed by atoms with E-state index in [1.807, 2.05) is 11.8 Å². The van der Waals surface area contributed by atoms with Crippen LogP contribution in [0.1, 0.15) is 31.2 Å². The molecule has 0 amide bonds. The summed E-state index contributed by atoms with van der Waals surface area (Å²) in [5.41, 5.74) is 1.30. The molecule has 20 heavy (non-hydrogen) atoms. The molecule has 1 aromatic rings. The summed E-state index contributed by atoms with van der Waals surface area (Å²) >= 11 is 3.73. The summed E-state index contributed by atoms with van der Waals surface area (Å²) in [4.78, 5) is 12.6. The van der Waals surface area contributed by atoms with Crippen LogP contribution in [0.15, 0.2) is 29.2 Å². The predicted molar refractivity (Wildman–Crippen MR) is 87.6 cm³/mol. The van der Waals surface area contributed by atoms with Crippen molar-refractivity contribution in [2.24, 2.45) is 0 Å². The Morgan fingerprint density at radius 2 is 1.85 bits per heavy atom. The number of hydrogen-bond acceptors (Lipinski definition) is 4. The van der Waals surface area contributed by atoms with Crippen molar-refractivity contribution < 1.29 is 9.53 Å². The van der Waals surface area contributed by atoms with Crippen LogP contribution in [0.5, 0.6) is 0 Å². The number of esters is 1. The summed E-state index contributed by atoms with van der Waals surface area (Å²) in [6, 6.07) is 8.75. The summed E-state index contributed by atoms with van der Waals surface area (Å²) in [7, 11) is 1.46. The van der Waals surface area contributed by atoms with Gasteiger partial charge in [0, 0.05) is 15.4 Å². The lowest BCUT2D eigenvalue weighted by atomic mass is 10.00. The van der Waals surface area contributed by atoms with E-state index in [1.54, 1.807) is 11.8 Å². The third-order valence-electron chi connectivity index (χ3n) is 3.59. The van der Waals surface area contributed by atoms with Crippen LogP contribution < -0.4 is 0 Å². The smallest absolute Gasteiger partial charge is 0.315 e. The molecule has 1 saturated carbocycles. The molecule has 0 radical (unpaired) electrons. The van der Waals surface area contributed by atoms with E-state index < -0.39 is 0 Å². The summed E-state index contributed by atoms with van der Waals surface area (Å²) in [5, 5.41) is 1.18. The van der Waals surface area contributed by atoms with Crippen molar-refractivity contribution >= 4 is 29.5 Å². The molecule has 1 aliphatic rings. The van der Waals surface area contributed by atoms with Crippen molar-refractivity contribution in [3.05, 3.63) is 29.8 Å². The SMILES string of the molecule is COC(=O)CSC1CCCCC1Sc1ccc(C)cc1. The van der Waals surface area contributed by atoms with Crippen molar-refractivity contribution in [3.8, 4) is 0 Å². The lowest BCUT2D eigenvalue weighted by Gasteiger charge is -2.30. The minimum atomic E-state index is -0.111. The number of carbonyl (C=O) groups excluding carboxylic acids is 1. The Bertz CT molecular complexity index is 431. The number of thioether (sulfide) groups is 2. The molecule has 0 N–H and O–H groups in total. The van der Waals surface area contributed by atoms with Gasteiger partial charge in [0.1, 0.15) is 0 Å². The van der Waals surface area contributed by atoms with Gasteiger partial charge < -0.3 is 4.74 Å². The van der Waals surface area contributed by atoms with Crippen molar-refractivity contribution in [1.82, 2.24) is 0 Å². The van der Waals surface area contributed by atoms with Crippen LogP contribution in [0, 0.1) is 6.92 Å². The van der Waals surface area contributed by atoms with Crippen LogP contribution in [0.25, 0.3) is 0 Å². The standard InChI is InChI=1S/C16H22O2S2/c1-12-7-9-13(10-8-12)20-15-6-4-3-5-14(15)19-11-16(17)18-2/h7-10,14-15H,3-6,11H2,1-2H3. The maximum Gasteiger partial charge on any atom is 0.315 e. The highest BCUT2D eigenvalue weighted by molar-refractivity contribution is 8.04. The molecule has 2 nitrogen and oxygen atoms in total. The first-order valence-electron chi connectivity index (χ1n) is 7.11. The molecule has 4 heteroatoms. The fraction of sp³-hybridized carbons (Fsp3) is 0.562. The van der Waals surface area contributed by atoms with E-state index in [4.69, 9.17) is 4.74 Å². The second-order valence-electron chi connectivity index (χ2n) is 5.18. The topological polar surface area (TPSA) is 26.3 Å². The average molecular weight is 310 g/mol. The highest BCUT2D eigenvalue weighted by Crippen LogP contribution is 2.39. The van der Waals surface area contributed by atoms with Gasteiger partial charge in [-0.2, -0.15) is 0 Å². The van der Waals surface area contributed by atoms with E-state index >= 15 is 0 Å². The molecule has 1 aromatic carbocycles. The summed E-state index contributed by atoms with van der Waals surface area (Å²) < 4.78 is 4.74. The molecule has 110 valence electrons. The zero-order valence-electron chi connectivity index (χ0n) is 12.1. The molecule has 0 saturated heterocycles. The molecule has 0 spiro atoms. The Hall–Kier alpha value is -0.610. The predicted octanol–water partition coefficient (Wildman–Crippen LogP) is 4.30. The summed E-state index contributed by atoms with van der Waals surface area (Å²) in [6.07, 6.45) is 5.05. The summed E-state index contributed by atoms with van der Waals surface area (Å²) in [6.45, 7) is 2.12. The van der Waals surface area contributed by atoms with Crippen molar-refractivity contribution in [3.63, 3.8) is 0 Å². The summed E-state index contributed by atoms with van der Waals surface area (Å²) in [5.74, 6) is 0.367. The third-order valence-corrected chi connectivity index (χ3v) is 6.57. The van der Waals surface area contributed by atoms with Gasteiger partial charge >= 0.3 is 5.97 Å². The molecule has 1 aliphatic carbocycles. The Labute approximate surface area is 130 Å². The zero-order chi connectivity index (χ0) is 14.4. The Kier molecular flexibility index (Phi) is 6.30. The van der Waals surface area contributed by atoms with Gasteiger partial charge in [-0.25, -0.2) is 0 Å². The van der Waals surface area contributed by atoms with Crippen LogP contribution in [0.2, 0.25) is 0 Å². The van der Waals surface area contributed by atoms with E-state index in [0.29, 0.717) is 16.3 Å². The lowest BCUT2D eigenvalue weighted by Crippen LogP contribution is -2.25. The van der Waals surface area contributed by atoms with Gasteiger partial charge in [-0.3, -0.25) is 4.79 Å². The fourth-order valence-corrected chi connectivity index (χ4v) is 5.18. The molecule has 0 aliphatic heterocycles. The minimum absolute atomic E-state index is 0.111. The maximum absolute atomic E-state index is 11.3.